The van der Waals surface area contributed by atoms with Gasteiger partial charge >= 0.3 is 0 Å². The predicted molar refractivity (Wildman–Crippen MR) is 58.8 cm³/mol. The van der Waals surface area contributed by atoms with Crippen molar-refractivity contribution in [1.29, 1.82) is 0 Å². The molecule has 2 aromatic rings. The number of halogens is 2. The van der Waals surface area contributed by atoms with E-state index in [0.29, 0.717) is 5.56 Å². The molecule has 1 aromatic carbocycles. The highest BCUT2D eigenvalue weighted by Gasteiger charge is 2.15. The van der Waals surface area contributed by atoms with Gasteiger partial charge in [-0.1, -0.05) is 12.1 Å². The van der Waals surface area contributed by atoms with Crippen LogP contribution >= 0.6 is 0 Å². The largest absolute Gasteiger partial charge is 0.287 e. The molecule has 2 nitrogen and oxygen atoms in total. The molecule has 0 unspecified atom stereocenters. The van der Waals surface area contributed by atoms with Crippen LogP contribution in [0.5, 0.6) is 0 Å². The molecule has 0 bridgehead atoms. The van der Waals surface area contributed by atoms with E-state index < -0.39 is 17.4 Å². The molecule has 0 fully saturated rings. The number of carbonyl (C=O) groups excluding carboxylic acids is 1. The fourth-order valence-corrected chi connectivity index (χ4v) is 1.42. The second kappa shape index (κ2) is 4.41. The molecule has 4 heteroatoms. The van der Waals surface area contributed by atoms with Gasteiger partial charge in [-0.05, 0) is 30.7 Å². The molecule has 0 radical (unpaired) electrons. The van der Waals surface area contributed by atoms with Crippen molar-refractivity contribution in [1.82, 2.24) is 4.98 Å². The van der Waals surface area contributed by atoms with Crippen molar-refractivity contribution < 1.29 is 13.6 Å². The second-order valence-electron chi connectivity index (χ2n) is 3.63. The standard InChI is InChI=1S/C13H9F2NO/c1-8-4-5-9(7-11(8)15)13(17)12-10(14)3-2-6-16-12/h2-7H,1H3. The average molecular weight is 233 g/mol. The lowest BCUT2D eigenvalue weighted by Gasteiger charge is -2.03. The topological polar surface area (TPSA) is 30.0 Å². The van der Waals surface area contributed by atoms with Gasteiger partial charge < -0.3 is 0 Å². The van der Waals surface area contributed by atoms with Gasteiger partial charge in [0.1, 0.15) is 11.5 Å². The second-order valence-corrected chi connectivity index (χ2v) is 3.63. The number of hydrogen-bond donors (Lipinski definition) is 0. The normalized spacial score (nSPS) is 10.3. The first-order valence-corrected chi connectivity index (χ1v) is 5.01. The van der Waals surface area contributed by atoms with Crippen LogP contribution in [0.25, 0.3) is 0 Å². The molecule has 0 saturated heterocycles. The maximum absolute atomic E-state index is 13.3. The van der Waals surface area contributed by atoms with E-state index in [0.717, 1.165) is 12.1 Å². The molecule has 0 amide bonds. The van der Waals surface area contributed by atoms with Gasteiger partial charge in [0.05, 0.1) is 0 Å². The van der Waals surface area contributed by atoms with Crippen molar-refractivity contribution in [3.8, 4) is 0 Å². The summed E-state index contributed by atoms with van der Waals surface area (Å²) >= 11 is 0. The lowest BCUT2D eigenvalue weighted by atomic mass is 10.1. The molecule has 0 aliphatic heterocycles. The maximum atomic E-state index is 13.3. The first-order chi connectivity index (χ1) is 8.09. The third kappa shape index (κ3) is 2.20. The van der Waals surface area contributed by atoms with E-state index in [1.807, 2.05) is 0 Å². The minimum absolute atomic E-state index is 0.0886. The smallest absolute Gasteiger partial charge is 0.214 e. The van der Waals surface area contributed by atoms with Crippen molar-refractivity contribution >= 4 is 5.78 Å². The van der Waals surface area contributed by atoms with E-state index in [-0.39, 0.29) is 11.3 Å². The van der Waals surface area contributed by atoms with Gasteiger partial charge in [0.2, 0.25) is 5.78 Å². The average Bonchev–Trinajstić information content (AvgIpc) is 2.32. The molecule has 0 aliphatic carbocycles. The summed E-state index contributed by atoms with van der Waals surface area (Å²) in [4.78, 5) is 15.5. The van der Waals surface area contributed by atoms with Crippen molar-refractivity contribution in [2.75, 3.05) is 0 Å². The molecule has 1 aromatic heterocycles. The molecule has 1 heterocycles. The van der Waals surface area contributed by atoms with Gasteiger partial charge in [-0.15, -0.1) is 0 Å². The maximum Gasteiger partial charge on any atom is 0.214 e. The van der Waals surface area contributed by atoms with Crippen LogP contribution in [0.1, 0.15) is 21.6 Å². The van der Waals surface area contributed by atoms with Gasteiger partial charge in [-0.25, -0.2) is 13.8 Å². The Bertz CT molecular complexity index is 581. The van der Waals surface area contributed by atoms with Crippen LogP contribution in [0.4, 0.5) is 8.78 Å². The highest BCUT2D eigenvalue weighted by molar-refractivity contribution is 6.07. The Labute approximate surface area is 96.9 Å². The van der Waals surface area contributed by atoms with Crippen molar-refractivity contribution in [3.63, 3.8) is 0 Å². The van der Waals surface area contributed by atoms with Crippen LogP contribution in [0.15, 0.2) is 36.5 Å². The number of rotatable bonds is 2. The summed E-state index contributed by atoms with van der Waals surface area (Å²) in [7, 11) is 0. The van der Waals surface area contributed by atoms with Crippen molar-refractivity contribution in [3.05, 3.63) is 65.0 Å². The van der Waals surface area contributed by atoms with E-state index in [4.69, 9.17) is 0 Å². The molecule has 0 spiro atoms. The van der Waals surface area contributed by atoms with E-state index in [1.54, 1.807) is 6.92 Å². The summed E-state index contributed by atoms with van der Waals surface area (Å²) in [6, 6.07) is 6.55. The Balaban J connectivity index is 2.44. The SMILES string of the molecule is Cc1ccc(C(=O)c2ncccc2F)cc1F. The number of pyridine rings is 1. The Morgan fingerprint density at radius 2 is 1.94 bits per heavy atom. The van der Waals surface area contributed by atoms with Crippen LogP contribution < -0.4 is 0 Å². The van der Waals surface area contributed by atoms with Crippen molar-refractivity contribution in [2.24, 2.45) is 0 Å². The number of hydrogen-bond acceptors (Lipinski definition) is 2. The molecule has 0 aliphatic rings. The number of nitrogens with zero attached hydrogens (tertiary/aromatic N) is 1. The van der Waals surface area contributed by atoms with Gasteiger partial charge in [0, 0.05) is 11.8 Å². The van der Waals surface area contributed by atoms with Crippen LogP contribution in [0.3, 0.4) is 0 Å². The molecule has 17 heavy (non-hydrogen) atoms. The molecule has 0 saturated carbocycles. The highest BCUT2D eigenvalue weighted by Crippen LogP contribution is 2.14. The molecular formula is C13H9F2NO. The summed E-state index contributed by atoms with van der Waals surface area (Å²) in [6.45, 7) is 1.59. The minimum atomic E-state index is -0.710. The summed E-state index contributed by atoms with van der Waals surface area (Å²) in [5.41, 5.74) is 0.226. The third-order valence-electron chi connectivity index (χ3n) is 2.41. The van der Waals surface area contributed by atoms with Crippen LogP contribution in [-0.4, -0.2) is 10.8 Å². The lowest BCUT2D eigenvalue weighted by molar-refractivity contribution is 0.103. The lowest BCUT2D eigenvalue weighted by Crippen LogP contribution is -2.07. The zero-order chi connectivity index (χ0) is 12.4. The summed E-state index contributed by atoms with van der Waals surface area (Å²) in [5, 5.41) is 0. The van der Waals surface area contributed by atoms with Crippen LogP contribution in [0, 0.1) is 18.6 Å². The molecular weight excluding hydrogens is 224 g/mol. The number of ketones is 1. The van der Waals surface area contributed by atoms with E-state index >= 15 is 0 Å². The molecule has 0 atom stereocenters. The summed E-state index contributed by atoms with van der Waals surface area (Å²) in [5.74, 6) is -1.83. The van der Waals surface area contributed by atoms with Gasteiger partial charge in [-0.3, -0.25) is 4.79 Å². The number of benzene rings is 1. The minimum Gasteiger partial charge on any atom is -0.287 e. The zero-order valence-electron chi connectivity index (χ0n) is 9.08. The number of carbonyl (C=O) groups is 1. The fourth-order valence-electron chi connectivity index (χ4n) is 1.42. The third-order valence-corrected chi connectivity index (χ3v) is 2.41. The first-order valence-electron chi connectivity index (χ1n) is 5.01. The Morgan fingerprint density at radius 1 is 1.18 bits per heavy atom. The summed E-state index contributed by atoms with van der Waals surface area (Å²) in [6.07, 6.45) is 1.32. The first kappa shape index (κ1) is 11.4. The van der Waals surface area contributed by atoms with E-state index in [1.165, 1.54) is 24.4 Å². The number of aromatic nitrogens is 1. The zero-order valence-corrected chi connectivity index (χ0v) is 9.08. The van der Waals surface area contributed by atoms with Crippen LogP contribution in [-0.2, 0) is 0 Å². The van der Waals surface area contributed by atoms with E-state index in [2.05, 4.69) is 4.98 Å². The Kier molecular flexibility index (Phi) is 2.95. The quantitative estimate of drug-likeness (QED) is 0.746. The predicted octanol–water partition coefficient (Wildman–Crippen LogP) is 2.90. The summed E-state index contributed by atoms with van der Waals surface area (Å²) < 4.78 is 26.6. The van der Waals surface area contributed by atoms with Gasteiger partial charge in [-0.2, -0.15) is 0 Å². The molecule has 0 N–H and O–H groups in total. The fraction of sp³-hybridized carbons (Fsp3) is 0.0769. The molecule has 86 valence electrons. The van der Waals surface area contributed by atoms with Crippen molar-refractivity contribution in [2.45, 2.75) is 6.92 Å². The number of aryl methyl sites for hydroxylation is 1. The monoisotopic (exact) mass is 233 g/mol. The van der Waals surface area contributed by atoms with Gasteiger partial charge in [0.25, 0.3) is 0 Å². The molecule has 2 rings (SSSR count). The Hall–Kier alpha value is -2.10. The van der Waals surface area contributed by atoms with Crippen LogP contribution in [0.2, 0.25) is 0 Å². The Morgan fingerprint density at radius 3 is 2.59 bits per heavy atom. The van der Waals surface area contributed by atoms with Gasteiger partial charge in [0.15, 0.2) is 5.82 Å². The van der Waals surface area contributed by atoms with E-state index in [9.17, 15) is 13.6 Å². The highest BCUT2D eigenvalue weighted by atomic mass is 19.1.